The average molecular weight is 253 g/mol. The van der Waals surface area contributed by atoms with E-state index >= 15 is 0 Å². The van der Waals surface area contributed by atoms with Crippen molar-refractivity contribution in [2.45, 2.75) is 33.6 Å². The number of aliphatic hydroxyl groups is 1. The molecule has 1 unspecified atom stereocenters. The van der Waals surface area contributed by atoms with Crippen LogP contribution in [-0.2, 0) is 0 Å². The summed E-state index contributed by atoms with van der Waals surface area (Å²) < 4.78 is 0. The number of hydrogen-bond acceptors (Lipinski definition) is 3. The molecule has 0 saturated heterocycles. The van der Waals surface area contributed by atoms with Gasteiger partial charge in [-0.25, -0.2) is 0 Å². The van der Waals surface area contributed by atoms with Crippen molar-refractivity contribution >= 4 is 5.91 Å². The molecule has 102 valence electrons. The maximum absolute atomic E-state index is 11.8. The molecular weight excluding hydrogens is 230 g/mol. The Kier molecular flexibility index (Phi) is 5.85. The van der Waals surface area contributed by atoms with Crippen LogP contribution in [0.3, 0.4) is 0 Å². The smallest absolute Gasteiger partial charge is 0.271 e. The van der Waals surface area contributed by atoms with Crippen molar-refractivity contribution in [3.63, 3.8) is 0 Å². The van der Waals surface area contributed by atoms with E-state index in [0.29, 0.717) is 24.1 Å². The molecule has 0 aliphatic heterocycles. The van der Waals surface area contributed by atoms with Crippen LogP contribution in [-0.4, -0.2) is 34.4 Å². The van der Waals surface area contributed by atoms with Gasteiger partial charge in [-0.15, -0.1) is 0 Å². The van der Waals surface area contributed by atoms with Gasteiger partial charge in [0, 0.05) is 18.8 Å². The normalized spacial score (nSPS) is 12.7. The molecule has 5 nitrogen and oxygen atoms in total. The topological polar surface area (TPSA) is 78.0 Å². The van der Waals surface area contributed by atoms with Gasteiger partial charge >= 0.3 is 0 Å². The van der Waals surface area contributed by atoms with Gasteiger partial charge in [0.2, 0.25) is 0 Å². The monoisotopic (exact) mass is 253 g/mol. The van der Waals surface area contributed by atoms with E-state index in [0.717, 1.165) is 18.5 Å². The number of nitrogens with one attached hydrogen (secondary N) is 2. The van der Waals surface area contributed by atoms with Gasteiger partial charge in [-0.1, -0.05) is 13.8 Å². The van der Waals surface area contributed by atoms with E-state index in [1.165, 1.54) is 0 Å². The maximum atomic E-state index is 11.8. The Morgan fingerprint density at radius 3 is 2.78 bits per heavy atom. The number of aromatic amines is 1. The van der Waals surface area contributed by atoms with Gasteiger partial charge in [0.1, 0.15) is 5.69 Å². The summed E-state index contributed by atoms with van der Waals surface area (Å²) in [7, 11) is 0. The molecule has 1 heterocycles. The van der Waals surface area contributed by atoms with Crippen LogP contribution in [0.5, 0.6) is 0 Å². The minimum Gasteiger partial charge on any atom is -0.396 e. The lowest BCUT2D eigenvalue weighted by Gasteiger charge is -2.18. The minimum atomic E-state index is -0.161. The molecule has 18 heavy (non-hydrogen) atoms. The van der Waals surface area contributed by atoms with Crippen molar-refractivity contribution in [1.82, 2.24) is 15.5 Å². The van der Waals surface area contributed by atoms with Crippen molar-refractivity contribution in [2.24, 2.45) is 11.8 Å². The number of amides is 1. The molecule has 0 aliphatic carbocycles. The summed E-state index contributed by atoms with van der Waals surface area (Å²) in [5.41, 5.74) is 1.29. The summed E-state index contributed by atoms with van der Waals surface area (Å²) in [4.78, 5) is 11.8. The Hall–Kier alpha value is -1.36. The second-order valence-corrected chi connectivity index (χ2v) is 5.15. The van der Waals surface area contributed by atoms with Crippen LogP contribution < -0.4 is 5.32 Å². The molecule has 1 aromatic heterocycles. The van der Waals surface area contributed by atoms with Crippen molar-refractivity contribution in [1.29, 1.82) is 0 Å². The first kappa shape index (κ1) is 14.7. The van der Waals surface area contributed by atoms with Crippen LogP contribution in [0.2, 0.25) is 0 Å². The fourth-order valence-electron chi connectivity index (χ4n) is 2.01. The predicted molar refractivity (Wildman–Crippen MR) is 70.3 cm³/mol. The van der Waals surface area contributed by atoms with E-state index < -0.39 is 0 Å². The molecule has 1 rings (SSSR count). The first-order valence-electron chi connectivity index (χ1n) is 6.44. The van der Waals surface area contributed by atoms with Crippen molar-refractivity contribution in [3.8, 4) is 0 Å². The highest BCUT2D eigenvalue weighted by atomic mass is 16.3. The zero-order valence-electron chi connectivity index (χ0n) is 11.4. The summed E-state index contributed by atoms with van der Waals surface area (Å²) in [6, 6.07) is 1.72. The number of H-pyrrole nitrogens is 1. The zero-order chi connectivity index (χ0) is 13.5. The fraction of sp³-hybridized carbons (Fsp3) is 0.692. The van der Waals surface area contributed by atoms with E-state index in [1.807, 2.05) is 6.92 Å². The second-order valence-electron chi connectivity index (χ2n) is 5.15. The molecule has 0 radical (unpaired) electrons. The Morgan fingerprint density at radius 2 is 2.28 bits per heavy atom. The zero-order valence-corrected chi connectivity index (χ0v) is 11.4. The standard InChI is InChI=1S/C13H23N3O2/c1-9(2)6-11(4-5-17)8-14-13(18)12-7-10(3)15-16-12/h7,9,11,17H,4-6,8H2,1-3H3,(H,14,18)(H,15,16). The van der Waals surface area contributed by atoms with Crippen LogP contribution in [0.25, 0.3) is 0 Å². The number of hydrogen-bond donors (Lipinski definition) is 3. The molecule has 3 N–H and O–H groups in total. The molecular formula is C13H23N3O2. The van der Waals surface area contributed by atoms with Crippen molar-refractivity contribution in [3.05, 3.63) is 17.5 Å². The number of aryl methyl sites for hydroxylation is 1. The van der Waals surface area contributed by atoms with E-state index in [1.54, 1.807) is 6.07 Å². The Morgan fingerprint density at radius 1 is 1.56 bits per heavy atom. The second kappa shape index (κ2) is 7.16. The minimum absolute atomic E-state index is 0.161. The molecule has 1 atom stereocenters. The summed E-state index contributed by atoms with van der Waals surface area (Å²) in [5.74, 6) is 0.719. The summed E-state index contributed by atoms with van der Waals surface area (Å²) in [6.07, 6.45) is 1.72. The third-order valence-electron chi connectivity index (χ3n) is 2.83. The molecule has 0 spiro atoms. The molecule has 0 saturated carbocycles. The molecule has 5 heteroatoms. The van der Waals surface area contributed by atoms with Gasteiger partial charge in [-0.05, 0) is 37.7 Å². The third-order valence-corrected chi connectivity index (χ3v) is 2.83. The molecule has 1 aromatic rings. The van der Waals surface area contributed by atoms with Crippen LogP contribution in [0.4, 0.5) is 0 Å². The van der Waals surface area contributed by atoms with Gasteiger partial charge < -0.3 is 10.4 Å². The lowest BCUT2D eigenvalue weighted by Crippen LogP contribution is -2.30. The summed E-state index contributed by atoms with van der Waals surface area (Å²) in [6.45, 7) is 6.89. The number of carbonyl (C=O) groups excluding carboxylic acids is 1. The van der Waals surface area contributed by atoms with E-state index in [4.69, 9.17) is 5.11 Å². The van der Waals surface area contributed by atoms with E-state index in [-0.39, 0.29) is 12.5 Å². The molecule has 1 amide bonds. The highest BCUT2D eigenvalue weighted by Crippen LogP contribution is 2.14. The van der Waals surface area contributed by atoms with E-state index in [9.17, 15) is 4.79 Å². The molecule has 0 fully saturated rings. The average Bonchev–Trinajstić information content (AvgIpc) is 2.72. The lowest BCUT2D eigenvalue weighted by atomic mass is 9.94. The number of carbonyl (C=O) groups is 1. The largest absolute Gasteiger partial charge is 0.396 e. The Bertz CT molecular complexity index is 374. The number of aromatic nitrogens is 2. The Labute approximate surface area is 108 Å². The van der Waals surface area contributed by atoms with Crippen LogP contribution >= 0.6 is 0 Å². The van der Waals surface area contributed by atoms with Crippen molar-refractivity contribution in [2.75, 3.05) is 13.2 Å². The predicted octanol–water partition coefficient (Wildman–Crippen LogP) is 1.49. The lowest BCUT2D eigenvalue weighted by molar-refractivity contribution is 0.0936. The summed E-state index contributed by atoms with van der Waals surface area (Å²) >= 11 is 0. The highest BCUT2D eigenvalue weighted by Gasteiger charge is 2.14. The first-order valence-corrected chi connectivity index (χ1v) is 6.44. The van der Waals surface area contributed by atoms with Crippen LogP contribution in [0, 0.1) is 18.8 Å². The van der Waals surface area contributed by atoms with Crippen molar-refractivity contribution < 1.29 is 9.90 Å². The number of rotatable bonds is 7. The third kappa shape index (κ3) is 4.87. The maximum Gasteiger partial charge on any atom is 0.271 e. The molecule has 0 aliphatic rings. The van der Waals surface area contributed by atoms with Gasteiger partial charge in [0.05, 0.1) is 0 Å². The first-order chi connectivity index (χ1) is 8.52. The van der Waals surface area contributed by atoms with Gasteiger partial charge in [0.15, 0.2) is 0 Å². The van der Waals surface area contributed by atoms with Gasteiger partial charge in [0.25, 0.3) is 5.91 Å². The quantitative estimate of drug-likeness (QED) is 0.689. The summed E-state index contributed by atoms with van der Waals surface area (Å²) in [5, 5.41) is 18.5. The van der Waals surface area contributed by atoms with E-state index in [2.05, 4.69) is 29.4 Å². The van der Waals surface area contributed by atoms with Crippen LogP contribution in [0.15, 0.2) is 6.07 Å². The Balaban J connectivity index is 2.43. The highest BCUT2D eigenvalue weighted by molar-refractivity contribution is 5.92. The van der Waals surface area contributed by atoms with Gasteiger partial charge in [-0.2, -0.15) is 5.10 Å². The fourth-order valence-corrected chi connectivity index (χ4v) is 2.01. The SMILES string of the molecule is Cc1cc(C(=O)NCC(CCO)CC(C)C)n[nH]1. The molecule has 0 aromatic carbocycles. The number of aliphatic hydroxyl groups excluding tert-OH is 1. The molecule has 0 bridgehead atoms. The van der Waals surface area contributed by atoms with Crippen LogP contribution in [0.1, 0.15) is 42.9 Å². The number of nitrogens with zero attached hydrogens (tertiary/aromatic N) is 1. The van der Waals surface area contributed by atoms with Gasteiger partial charge in [-0.3, -0.25) is 9.89 Å².